The van der Waals surface area contributed by atoms with Crippen molar-refractivity contribution in [1.82, 2.24) is 9.80 Å². The second kappa shape index (κ2) is 8.43. The lowest BCUT2D eigenvalue weighted by atomic mass is 10.2. The van der Waals surface area contributed by atoms with Gasteiger partial charge in [0, 0.05) is 32.9 Å². The molecule has 142 valence electrons. The Balaban J connectivity index is 1.62. The molecule has 2 saturated heterocycles. The monoisotopic (exact) mass is 385 g/mol. The van der Waals surface area contributed by atoms with E-state index in [0.717, 1.165) is 40.8 Å². The molecule has 2 aliphatic heterocycles. The number of imide groups is 1. The minimum atomic E-state index is -0.398. The van der Waals surface area contributed by atoms with Crippen molar-refractivity contribution in [2.75, 3.05) is 38.6 Å². The number of rotatable bonds is 5. The molecule has 0 aromatic heterocycles. The number of hydrogen-bond donors (Lipinski definition) is 0. The molecule has 7 heteroatoms. The van der Waals surface area contributed by atoms with E-state index in [2.05, 4.69) is 0 Å². The quantitative estimate of drug-likeness (QED) is 0.730. The fraction of sp³-hybridized carbons (Fsp3) is 0.350. The van der Waals surface area contributed by atoms with Crippen molar-refractivity contribution in [3.63, 3.8) is 0 Å². The van der Waals surface area contributed by atoms with Crippen LogP contribution in [-0.2, 0) is 9.59 Å². The Morgan fingerprint density at radius 2 is 1.81 bits per heavy atom. The van der Waals surface area contributed by atoms with Crippen LogP contribution in [0.4, 0.5) is 10.5 Å². The van der Waals surface area contributed by atoms with E-state index in [4.69, 9.17) is 0 Å². The molecule has 0 saturated carbocycles. The molecule has 0 spiro atoms. The Kier molecular flexibility index (Phi) is 6.01. The Labute approximate surface area is 163 Å². The average molecular weight is 385 g/mol. The topological polar surface area (TPSA) is 60.9 Å². The molecule has 1 aromatic rings. The number of carbonyl (C=O) groups is 3. The van der Waals surface area contributed by atoms with Gasteiger partial charge in [-0.2, -0.15) is 0 Å². The Morgan fingerprint density at radius 3 is 2.44 bits per heavy atom. The first kappa shape index (κ1) is 19.2. The number of amides is 3. The van der Waals surface area contributed by atoms with Crippen molar-refractivity contribution in [3.05, 3.63) is 46.9 Å². The molecule has 1 aromatic carbocycles. The van der Waals surface area contributed by atoms with Crippen LogP contribution in [0.3, 0.4) is 0 Å². The van der Waals surface area contributed by atoms with Crippen LogP contribution >= 0.6 is 11.8 Å². The molecule has 3 rings (SSSR count). The molecule has 27 heavy (non-hydrogen) atoms. The minimum Gasteiger partial charge on any atom is -0.378 e. The maximum Gasteiger partial charge on any atom is 0.294 e. The highest BCUT2D eigenvalue weighted by molar-refractivity contribution is 8.18. The van der Waals surface area contributed by atoms with Gasteiger partial charge in [-0.1, -0.05) is 24.3 Å². The molecule has 2 heterocycles. The van der Waals surface area contributed by atoms with E-state index in [-0.39, 0.29) is 17.7 Å². The van der Waals surface area contributed by atoms with Gasteiger partial charge in [0.05, 0.1) is 4.91 Å². The Morgan fingerprint density at radius 1 is 1.15 bits per heavy atom. The molecular weight excluding hydrogens is 362 g/mol. The van der Waals surface area contributed by atoms with Gasteiger partial charge in [0.2, 0.25) is 5.91 Å². The first-order chi connectivity index (χ1) is 13.0. The van der Waals surface area contributed by atoms with Crippen LogP contribution in [0.5, 0.6) is 0 Å². The first-order valence-corrected chi connectivity index (χ1v) is 9.74. The average Bonchev–Trinajstić information content (AvgIpc) is 3.27. The van der Waals surface area contributed by atoms with Crippen molar-refractivity contribution in [3.8, 4) is 0 Å². The highest BCUT2D eigenvalue weighted by Gasteiger charge is 2.37. The summed E-state index contributed by atoms with van der Waals surface area (Å²) in [6.07, 6.45) is 7.22. The molecule has 3 amide bonds. The van der Waals surface area contributed by atoms with E-state index >= 15 is 0 Å². The maximum absolute atomic E-state index is 12.4. The van der Waals surface area contributed by atoms with Crippen LogP contribution in [0.1, 0.15) is 18.4 Å². The third-order valence-corrected chi connectivity index (χ3v) is 5.50. The molecule has 6 nitrogen and oxygen atoms in total. The molecule has 0 atom stereocenters. The van der Waals surface area contributed by atoms with E-state index in [1.165, 1.54) is 0 Å². The Hall–Kier alpha value is -2.54. The highest BCUT2D eigenvalue weighted by Crippen LogP contribution is 2.30. The summed E-state index contributed by atoms with van der Waals surface area (Å²) < 4.78 is 0. The van der Waals surface area contributed by atoms with Crippen LogP contribution in [0.15, 0.2) is 41.3 Å². The molecular formula is C20H23N3O3S. The second-order valence-corrected chi connectivity index (χ2v) is 7.72. The van der Waals surface area contributed by atoms with Crippen LogP contribution in [-0.4, -0.2) is 60.6 Å². The van der Waals surface area contributed by atoms with Gasteiger partial charge in [0.15, 0.2) is 0 Å². The number of allylic oxidation sites excluding steroid dienone is 2. The van der Waals surface area contributed by atoms with Gasteiger partial charge >= 0.3 is 0 Å². The number of likely N-dealkylation sites (tertiary alicyclic amines) is 1. The van der Waals surface area contributed by atoms with Crippen molar-refractivity contribution >= 4 is 40.6 Å². The molecule has 0 bridgehead atoms. The first-order valence-electron chi connectivity index (χ1n) is 8.93. The van der Waals surface area contributed by atoms with Gasteiger partial charge in [-0.3, -0.25) is 19.3 Å². The number of hydrogen-bond acceptors (Lipinski definition) is 5. The van der Waals surface area contributed by atoms with Gasteiger partial charge < -0.3 is 9.80 Å². The minimum absolute atomic E-state index is 0.160. The fourth-order valence-electron chi connectivity index (χ4n) is 2.98. The number of anilines is 1. The lowest BCUT2D eigenvalue weighted by Gasteiger charge is -2.18. The van der Waals surface area contributed by atoms with E-state index in [1.807, 2.05) is 49.3 Å². The van der Waals surface area contributed by atoms with E-state index in [9.17, 15) is 14.4 Å². The smallest absolute Gasteiger partial charge is 0.294 e. The lowest BCUT2D eigenvalue weighted by molar-refractivity contribution is -0.135. The fourth-order valence-corrected chi connectivity index (χ4v) is 3.77. The maximum atomic E-state index is 12.4. The standard InChI is InChI=1S/C20H23N3O3S/c1-21(2)16-10-8-15(9-11-16)6-5-7-17-19(25)23(20(26)27-17)14-18(24)22-12-3-4-13-22/h5-11H,3-4,12-14H2,1-2H3/b6-5+,17-7+. The molecule has 0 N–H and O–H groups in total. The normalized spacial score (nSPS) is 19.0. The van der Waals surface area contributed by atoms with Crippen molar-refractivity contribution in [2.45, 2.75) is 12.8 Å². The summed E-state index contributed by atoms with van der Waals surface area (Å²) in [6, 6.07) is 8.00. The van der Waals surface area contributed by atoms with E-state index < -0.39 is 5.91 Å². The van der Waals surface area contributed by atoms with Crippen LogP contribution in [0.2, 0.25) is 0 Å². The third-order valence-electron chi connectivity index (χ3n) is 4.57. The van der Waals surface area contributed by atoms with Crippen LogP contribution in [0.25, 0.3) is 6.08 Å². The summed E-state index contributed by atoms with van der Waals surface area (Å²) in [5.41, 5.74) is 2.11. The zero-order valence-electron chi connectivity index (χ0n) is 15.6. The van der Waals surface area contributed by atoms with Crippen LogP contribution in [0, 0.1) is 0 Å². The molecule has 0 aliphatic carbocycles. The van der Waals surface area contributed by atoms with E-state index in [1.54, 1.807) is 17.1 Å². The summed E-state index contributed by atoms with van der Waals surface area (Å²) in [5.74, 6) is -0.558. The molecule has 2 fully saturated rings. The zero-order valence-corrected chi connectivity index (χ0v) is 16.4. The largest absolute Gasteiger partial charge is 0.378 e. The summed E-state index contributed by atoms with van der Waals surface area (Å²) in [6.45, 7) is 1.25. The van der Waals surface area contributed by atoms with Crippen molar-refractivity contribution in [1.29, 1.82) is 0 Å². The van der Waals surface area contributed by atoms with Crippen molar-refractivity contribution in [2.24, 2.45) is 0 Å². The lowest BCUT2D eigenvalue weighted by Crippen LogP contribution is -2.40. The highest BCUT2D eigenvalue weighted by atomic mass is 32.2. The van der Waals surface area contributed by atoms with Gasteiger partial charge in [0.25, 0.3) is 11.1 Å². The van der Waals surface area contributed by atoms with Crippen molar-refractivity contribution < 1.29 is 14.4 Å². The zero-order chi connectivity index (χ0) is 19.4. The summed E-state index contributed by atoms with van der Waals surface area (Å²) in [4.78, 5) is 41.9. The molecule has 2 aliphatic rings. The van der Waals surface area contributed by atoms with E-state index in [0.29, 0.717) is 18.0 Å². The summed E-state index contributed by atoms with van der Waals surface area (Å²) >= 11 is 0.878. The van der Waals surface area contributed by atoms with Gasteiger partial charge in [0.1, 0.15) is 6.54 Å². The van der Waals surface area contributed by atoms with Gasteiger partial charge in [-0.25, -0.2) is 0 Å². The van der Waals surface area contributed by atoms with Gasteiger partial charge in [-0.15, -0.1) is 0 Å². The number of nitrogens with zero attached hydrogens (tertiary/aromatic N) is 3. The summed E-state index contributed by atoms with van der Waals surface area (Å²) in [5, 5.41) is -0.387. The number of carbonyl (C=O) groups excluding carboxylic acids is 3. The Bertz CT molecular complexity index is 793. The second-order valence-electron chi connectivity index (χ2n) is 6.72. The number of thioether (sulfide) groups is 1. The predicted octanol–water partition coefficient (Wildman–Crippen LogP) is 2.97. The SMILES string of the molecule is CN(C)c1ccc(/C=C/C=C2/SC(=O)N(CC(=O)N3CCCC3)C2=O)cc1. The van der Waals surface area contributed by atoms with Gasteiger partial charge in [-0.05, 0) is 48.4 Å². The third kappa shape index (κ3) is 4.60. The summed E-state index contributed by atoms with van der Waals surface area (Å²) in [7, 11) is 3.96. The van der Waals surface area contributed by atoms with Crippen LogP contribution < -0.4 is 4.90 Å². The predicted molar refractivity (Wildman–Crippen MR) is 108 cm³/mol. The molecule has 0 radical (unpaired) electrons. The molecule has 0 unspecified atom stereocenters. The number of benzene rings is 1.